The SMILES string of the molecule is O=C(/C=C/c1ccc(CNCCc2c(CCCO)[nH]c3ccccc23)cc1)NO. The molecule has 0 bridgehead atoms. The Labute approximate surface area is 170 Å². The quantitative estimate of drug-likeness (QED) is 0.158. The molecule has 3 rings (SSSR count). The van der Waals surface area contributed by atoms with Crippen molar-refractivity contribution in [1.29, 1.82) is 0 Å². The van der Waals surface area contributed by atoms with Crippen LogP contribution in [0.2, 0.25) is 0 Å². The van der Waals surface area contributed by atoms with Gasteiger partial charge in [0.25, 0.3) is 5.91 Å². The second-order valence-electron chi connectivity index (χ2n) is 6.93. The number of aromatic amines is 1. The lowest BCUT2D eigenvalue weighted by atomic mass is 10.0. The molecule has 1 aromatic heterocycles. The topological polar surface area (TPSA) is 97.4 Å². The van der Waals surface area contributed by atoms with Gasteiger partial charge in [0.1, 0.15) is 0 Å². The number of carbonyl (C=O) groups excluding carboxylic acids is 1. The molecule has 0 spiro atoms. The molecule has 0 aliphatic carbocycles. The average Bonchev–Trinajstić information content (AvgIpc) is 3.11. The van der Waals surface area contributed by atoms with Crippen LogP contribution in [-0.2, 0) is 24.2 Å². The van der Waals surface area contributed by atoms with Crippen molar-refractivity contribution in [1.82, 2.24) is 15.8 Å². The van der Waals surface area contributed by atoms with Gasteiger partial charge in [0.05, 0.1) is 0 Å². The number of benzene rings is 2. The summed E-state index contributed by atoms with van der Waals surface area (Å²) in [7, 11) is 0. The first kappa shape index (κ1) is 20.8. The summed E-state index contributed by atoms with van der Waals surface area (Å²) in [5.41, 5.74) is 7.31. The number of hydrogen-bond donors (Lipinski definition) is 5. The molecule has 0 radical (unpaired) electrons. The summed E-state index contributed by atoms with van der Waals surface area (Å²) >= 11 is 0. The van der Waals surface area contributed by atoms with Crippen molar-refractivity contribution in [3.63, 3.8) is 0 Å². The van der Waals surface area contributed by atoms with Gasteiger partial charge < -0.3 is 15.4 Å². The molecule has 1 amide bonds. The fraction of sp³-hybridized carbons (Fsp3) is 0.261. The number of hydrogen-bond acceptors (Lipinski definition) is 4. The third-order valence-electron chi connectivity index (χ3n) is 4.88. The van der Waals surface area contributed by atoms with E-state index in [4.69, 9.17) is 10.3 Å². The average molecular weight is 393 g/mol. The molecule has 0 aliphatic heterocycles. The van der Waals surface area contributed by atoms with E-state index >= 15 is 0 Å². The molecule has 5 N–H and O–H groups in total. The molecule has 6 heteroatoms. The Balaban J connectivity index is 1.55. The molecule has 152 valence electrons. The third kappa shape index (κ3) is 5.77. The van der Waals surface area contributed by atoms with Crippen LogP contribution in [0.5, 0.6) is 0 Å². The van der Waals surface area contributed by atoms with Crippen LogP contribution in [0.3, 0.4) is 0 Å². The molecule has 0 aliphatic rings. The van der Waals surface area contributed by atoms with Crippen LogP contribution in [0.25, 0.3) is 17.0 Å². The van der Waals surface area contributed by atoms with Gasteiger partial charge in [0, 0.05) is 35.8 Å². The van der Waals surface area contributed by atoms with Crippen LogP contribution in [0.1, 0.15) is 28.8 Å². The van der Waals surface area contributed by atoms with E-state index in [0.29, 0.717) is 0 Å². The molecule has 0 saturated heterocycles. The van der Waals surface area contributed by atoms with Crippen molar-refractivity contribution in [2.45, 2.75) is 25.8 Å². The molecule has 2 aromatic carbocycles. The van der Waals surface area contributed by atoms with Crippen molar-refractivity contribution in [3.8, 4) is 0 Å². The summed E-state index contributed by atoms with van der Waals surface area (Å²) in [5, 5.41) is 22.4. The summed E-state index contributed by atoms with van der Waals surface area (Å²) in [6.07, 6.45) is 5.45. The fourth-order valence-electron chi connectivity index (χ4n) is 3.41. The maximum atomic E-state index is 11.0. The molecule has 0 unspecified atom stereocenters. The first-order chi connectivity index (χ1) is 14.2. The van der Waals surface area contributed by atoms with Crippen molar-refractivity contribution < 1.29 is 15.1 Å². The lowest BCUT2D eigenvalue weighted by molar-refractivity contribution is -0.124. The predicted molar refractivity (Wildman–Crippen MR) is 115 cm³/mol. The first-order valence-corrected chi connectivity index (χ1v) is 9.82. The number of para-hydroxylation sites is 1. The minimum absolute atomic E-state index is 0.197. The molecule has 0 saturated carbocycles. The molecule has 1 heterocycles. The van der Waals surface area contributed by atoms with Gasteiger partial charge in [0.15, 0.2) is 0 Å². The normalized spacial score (nSPS) is 11.4. The van der Waals surface area contributed by atoms with E-state index in [1.165, 1.54) is 22.7 Å². The number of amides is 1. The minimum Gasteiger partial charge on any atom is -0.396 e. The number of aromatic nitrogens is 1. The van der Waals surface area contributed by atoms with Gasteiger partial charge in [-0.1, -0.05) is 42.5 Å². The van der Waals surface area contributed by atoms with Gasteiger partial charge in [-0.15, -0.1) is 0 Å². The van der Waals surface area contributed by atoms with Crippen molar-refractivity contribution >= 4 is 22.9 Å². The number of aliphatic hydroxyl groups excluding tert-OH is 1. The number of fused-ring (bicyclic) bond motifs is 1. The van der Waals surface area contributed by atoms with E-state index in [2.05, 4.69) is 28.5 Å². The zero-order chi connectivity index (χ0) is 20.5. The Morgan fingerprint density at radius 2 is 1.86 bits per heavy atom. The number of aryl methyl sites for hydroxylation is 1. The minimum atomic E-state index is -0.550. The van der Waals surface area contributed by atoms with Gasteiger partial charge >= 0.3 is 0 Å². The molecule has 29 heavy (non-hydrogen) atoms. The van der Waals surface area contributed by atoms with Crippen molar-refractivity contribution in [2.75, 3.05) is 13.2 Å². The lowest BCUT2D eigenvalue weighted by Gasteiger charge is -2.07. The van der Waals surface area contributed by atoms with E-state index in [1.807, 2.05) is 30.3 Å². The fourth-order valence-corrected chi connectivity index (χ4v) is 3.41. The number of carbonyl (C=O) groups is 1. The maximum absolute atomic E-state index is 11.0. The highest BCUT2D eigenvalue weighted by Gasteiger charge is 2.10. The molecule has 3 aromatic rings. The van der Waals surface area contributed by atoms with Crippen LogP contribution in [0.15, 0.2) is 54.6 Å². The summed E-state index contributed by atoms with van der Waals surface area (Å²) in [4.78, 5) is 14.5. The zero-order valence-corrected chi connectivity index (χ0v) is 16.3. The van der Waals surface area contributed by atoms with E-state index in [1.54, 1.807) is 11.6 Å². The highest BCUT2D eigenvalue weighted by molar-refractivity contribution is 5.90. The van der Waals surface area contributed by atoms with Gasteiger partial charge in [-0.05, 0) is 54.6 Å². The Hall–Kier alpha value is -2.93. The number of nitrogens with one attached hydrogen (secondary N) is 3. The Morgan fingerprint density at radius 3 is 2.62 bits per heavy atom. The van der Waals surface area contributed by atoms with Gasteiger partial charge in [-0.3, -0.25) is 10.0 Å². The number of hydroxylamine groups is 1. The largest absolute Gasteiger partial charge is 0.396 e. The highest BCUT2D eigenvalue weighted by atomic mass is 16.5. The second-order valence-corrected chi connectivity index (χ2v) is 6.93. The number of rotatable bonds is 10. The summed E-state index contributed by atoms with van der Waals surface area (Å²) < 4.78 is 0. The molecular formula is C23H27N3O3. The Kier molecular flexibility index (Phi) is 7.58. The van der Waals surface area contributed by atoms with Gasteiger partial charge in [-0.25, -0.2) is 5.48 Å². The molecule has 0 fully saturated rings. The van der Waals surface area contributed by atoms with Crippen LogP contribution < -0.4 is 10.8 Å². The summed E-state index contributed by atoms with van der Waals surface area (Å²) in [6, 6.07) is 16.2. The van der Waals surface area contributed by atoms with Crippen LogP contribution >= 0.6 is 0 Å². The summed E-state index contributed by atoms with van der Waals surface area (Å²) in [6.45, 7) is 1.81. The van der Waals surface area contributed by atoms with E-state index in [0.717, 1.165) is 49.0 Å². The standard InChI is InChI=1S/C23H27N3O3/c27-15-3-6-22-20(19-4-1-2-5-21(19)25-22)13-14-24-16-18-9-7-17(8-10-18)11-12-23(28)26-29/h1-2,4-5,7-12,24-25,27,29H,3,6,13-16H2,(H,26,28)/b12-11+. The summed E-state index contributed by atoms with van der Waals surface area (Å²) in [5.74, 6) is -0.550. The van der Waals surface area contributed by atoms with Crippen LogP contribution in [0.4, 0.5) is 0 Å². The van der Waals surface area contributed by atoms with E-state index < -0.39 is 5.91 Å². The van der Waals surface area contributed by atoms with Crippen molar-refractivity contribution in [2.24, 2.45) is 0 Å². The van der Waals surface area contributed by atoms with Gasteiger partial charge in [-0.2, -0.15) is 0 Å². The maximum Gasteiger partial charge on any atom is 0.267 e. The monoisotopic (exact) mass is 393 g/mol. The lowest BCUT2D eigenvalue weighted by Crippen LogP contribution is -2.17. The smallest absolute Gasteiger partial charge is 0.267 e. The predicted octanol–water partition coefficient (Wildman–Crippen LogP) is 2.94. The van der Waals surface area contributed by atoms with Crippen molar-refractivity contribution in [3.05, 3.63) is 77.0 Å². The molecular weight excluding hydrogens is 366 g/mol. The number of aliphatic hydroxyl groups is 1. The molecule has 0 atom stereocenters. The zero-order valence-electron chi connectivity index (χ0n) is 16.3. The molecule has 6 nitrogen and oxygen atoms in total. The van der Waals surface area contributed by atoms with Crippen LogP contribution in [0, 0.1) is 0 Å². The Morgan fingerprint density at radius 1 is 1.07 bits per heavy atom. The number of H-pyrrole nitrogens is 1. The van der Waals surface area contributed by atoms with Gasteiger partial charge in [0.2, 0.25) is 0 Å². The highest BCUT2D eigenvalue weighted by Crippen LogP contribution is 2.23. The third-order valence-corrected chi connectivity index (χ3v) is 4.88. The Bertz CT molecular complexity index is 961. The van der Waals surface area contributed by atoms with E-state index in [-0.39, 0.29) is 6.61 Å². The second kappa shape index (κ2) is 10.6. The van der Waals surface area contributed by atoms with E-state index in [9.17, 15) is 4.79 Å². The first-order valence-electron chi connectivity index (χ1n) is 9.82. The van der Waals surface area contributed by atoms with Crippen LogP contribution in [-0.4, -0.2) is 34.4 Å².